The van der Waals surface area contributed by atoms with Gasteiger partial charge in [0.05, 0.1) is 0 Å². The third-order valence-corrected chi connectivity index (χ3v) is 5.22. The summed E-state index contributed by atoms with van der Waals surface area (Å²) in [7, 11) is 0. The first-order chi connectivity index (χ1) is 9.97. The molecule has 1 nitrogen and oxygen atoms in total. The number of rotatable bonds is 10. The van der Waals surface area contributed by atoms with Gasteiger partial charge < -0.3 is 5.32 Å². The van der Waals surface area contributed by atoms with Crippen molar-refractivity contribution in [3.63, 3.8) is 0 Å². The fourth-order valence-electron chi connectivity index (χ4n) is 3.73. The van der Waals surface area contributed by atoms with Crippen LogP contribution in [0.15, 0.2) is 0 Å². The van der Waals surface area contributed by atoms with Crippen LogP contribution < -0.4 is 5.32 Å². The summed E-state index contributed by atoms with van der Waals surface area (Å²) < 4.78 is 0. The maximum atomic E-state index is 3.80. The average molecular weight is 296 g/mol. The van der Waals surface area contributed by atoms with Crippen molar-refractivity contribution in [2.75, 3.05) is 6.54 Å². The SMILES string of the molecule is CCCCCCCCCC1(CNC(C)(C)C)CCCCC1. The van der Waals surface area contributed by atoms with Gasteiger partial charge in [0, 0.05) is 12.1 Å². The molecule has 0 radical (unpaired) electrons. The quantitative estimate of drug-likeness (QED) is 0.456. The third kappa shape index (κ3) is 8.86. The Morgan fingerprint density at radius 2 is 1.38 bits per heavy atom. The summed E-state index contributed by atoms with van der Waals surface area (Å²) in [5.74, 6) is 0. The minimum absolute atomic E-state index is 0.268. The molecule has 0 aromatic heterocycles. The van der Waals surface area contributed by atoms with Crippen molar-refractivity contribution in [1.29, 1.82) is 0 Å². The van der Waals surface area contributed by atoms with Crippen LogP contribution in [0.2, 0.25) is 0 Å². The fourth-order valence-corrected chi connectivity index (χ4v) is 3.73. The highest BCUT2D eigenvalue weighted by atomic mass is 15.0. The Labute approximate surface area is 134 Å². The zero-order valence-electron chi connectivity index (χ0n) is 15.4. The van der Waals surface area contributed by atoms with E-state index in [0.717, 1.165) is 0 Å². The fraction of sp³-hybridized carbons (Fsp3) is 1.00. The second-order valence-corrected chi connectivity index (χ2v) is 8.54. The Hall–Kier alpha value is -0.0400. The van der Waals surface area contributed by atoms with Crippen LogP contribution in [0.1, 0.15) is 111 Å². The van der Waals surface area contributed by atoms with Gasteiger partial charge in [-0.1, -0.05) is 71.1 Å². The highest BCUT2D eigenvalue weighted by molar-refractivity contribution is 4.87. The maximum Gasteiger partial charge on any atom is 0.00967 e. The maximum absolute atomic E-state index is 3.80. The molecule has 1 fully saturated rings. The highest BCUT2D eigenvalue weighted by Crippen LogP contribution is 2.40. The second-order valence-electron chi connectivity index (χ2n) is 8.54. The normalized spacial score (nSPS) is 18.9. The van der Waals surface area contributed by atoms with Crippen molar-refractivity contribution in [3.05, 3.63) is 0 Å². The molecular formula is C20H41N. The van der Waals surface area contributed by atoms with E-state index >= 15 is 0 Å². The van der Waals surface area contributed by atoms with E-state index in [1.807, 2.05) is 0 Å². The Morgan fingerprint density at radius 1 is 0.810 bits per heavy atom. The Kier molecular flexibility index (Phi) is 8.94. The Morgan fingerprint density at radius 3 is 1.95 bits per heavy atom. The van der Waals surface area contributed by atoms with Gasteiger partial charge in [0.2, 0.25) is 0 Å². The molecule has 0 bridgehead atoms. The molecule has 0 spiro atoms. The minimum atomic E-state index is 0.268. The van der Waals surface area contributed by atoms with E-state index in [4.69, 9.17) is 0 Å². The van der Waals surface area contributed by atoms with E-state index < -0.39 is 0 Å². The van der Waals surface area contributed by atoms with Crippen LogP contribution in [0.4, 0.5) is 0 Å². The van der Waals surface area contributed by atoms with Crippen molar-refractivity contribution < 1.29 is 0 Å². The van der Waals surface area contributed by atoms with E-state index in [2.05, 4.69) is 33.0 Å². The van der Waals surface area contributed by atoms with Crippen LogP contribution in [0.5, 0.6) is 0 Å². The molecule has 1 heteroatoms. The number of hydrogen-bond donors (Lipinski definition) is 1. The van der Waals surface area contributed by atoms with Gasteiger partial charge in [0.1, 0.15) is 0 Å². The lowest BCUT2D eigenvalue weighted by Crippen LogP contribution is -2.44. The zero-order chi connectivity index (χ0) is 15.6. The van der Waals surface area contributed by atoms with Gasteiger partial charge in [-0.25, -0.2) is 0 Å². The monoisotopic (exact) mass is 295 g/mol. The highest BCUT2D eigenvalue weighted by Gasteiger charge is 2.32. The summed E-state index contributed by atoms with van der Waals surface area (Å²) in [6.07, 6.45) is 18.9. The summed E-state index contributed by atoms with van der Waals surface area (Å²) in [6.45, 7) is 10.5. The van der Waals surface area contributed by atoms with Crippen LogP contribution in [0.25, 0.3) is 0 Å². The van der Waals surface area contributed by atoms with Crippen molar-refractivity contribution in [3.8, 4) is 0 Å². The lowest BCUT2D eigenvalue weighted by Gasteiger charge is -2.40. The van der Waals surface area contributed by atoms with Crippen LogP contribution >= 0.6 is 0 Å². The summed E-state index contributed by atoms with van der Waals surface area (Å²) in [5, 5.41) is 3.80. The van der Waals surface area contributed by atoms with Crippen LogP contribution in [0.3, 0.4) is 0 Å². The minimum Gasteiger partial charge on any atom is -0.312 e. The number of unbranched alkanes of at least 4 members (excludes halogenated alkanes) is 6. The van der Waals surface area contributed by atoms with Gasteiger partial charge in [-0.3, -0.25) is 0 Å². The summed E-state index contributed by atoms with van der Waals surface area (Å²) in [5.41, 5.74) is 0.888. The molecule has 0 saturated heterocycles. The lowest BCUT2D eigenvalue weighted by molar-refractivity contribution is 0.148. The molecule has 0 aliphatic heterocycles. The predicted molar refractivity (Wildman–Crippen MR) is 95.9 cm³/mol. The largest absolute Gasteiger partial charge is 0.312 e. The van der Waals surface area contributed by atoms with E-state index in [9.17, 15) is 0 Å². The molecule has 0 atom stereocenters. The van der Waals surface area contributed by atoms with Gasteiger partial charge in [-0.2, -0.15) is 0 Å². The van der Waals surface area contributed by atoms with Crippen LogP contribution in [-0.2, 0) is 0 Å². The van der Waals surface area contributed by atoms with E-state index in [1.54, 1.807) is 0 Å². The Bertz CT molecular complexity index is 245. The zero-order valence-corrected chi connectivity index (χ0v) is 15.4. The second kappa shape index (κ2) is 9.87. The molecule has 1 N–H and O–H groups in total. The summed E-state index contributed by atoms with van der Waals surface area (Å²) in [6, 6.07) is 0. The predicted octanol–water partition coefficient (Wildman–Crippen LogP) is 6.47. The standard InChI is InChI=1S/C20H41N/c1-5-6-7-8-9-10-12-15-20(16-13-11-14-17-20)18-21-19(2,3)4/h21H,5-18H2,1-4H3. The van der Waals surface area contributed by atoms with Crippen LogP contribution in [-0.4, -0.2) is 12.1 Å². The first kappa shape index (κ1) is 19.0. The lowest BCUT2D eigenvalue weighted by atomic mass is 9.70. The Balaban J connectivity index is 2.26. The first-order valence-corrected chi connectivity index (χ1v) is 9.72. The van der Waals surface area contributed by atoms with Gasteiger partial charge >= 0.3 is 0 Å². The molecule has 1 rings (SSSR count). The van der Waals surface area contributed by atoms with E-state index in [1.165, 1.54) is 90.0 Å². The van der Waals surface area contributed by atoms with E-state index in [-0.39, 0.29) is 5.54 Å². The van der Waals surface area contributed by atoms with Gasteiger partial charge in [0.15, 0.2) is 0 Å². The molecule has 0 amide bonds. The van der Waals surface area contributed by atoms with Crippen LogP contribution in [0, 0.1) is 5.41 Å². The van der Waals surface area contributed by atoms with Crippen molar-refractivity contribution in [2.45, 2.75) is 117 Å². The topological polar surface area (TPSA) is 12.0 Å². The van der Waals surface area contributed by atoms with E-state index in [0.29, 0.717) is 5.41 Å². The average Bonchev–Trinajstić information content (AvgIpc) is 2.45. The van der Waals surface area contributed by atoms with Crippen molar-refractivity contribution >= 4 is 0 Å². The van der Waals surface area contributed by atoms with Crippen molar-refractivity contribution in [1.82, 2.24) is 5.32 Å². The van der Waals surface area contributed by atoms with Crippen molar-refractivity contribution in [2.24, 2.45) is 5.41 Å². The first-order valence-electron chi connectivity index (χ1n) is 9.72. The van der Waals surface area contributed by atoms with Gasteiger partial charge in [-0.15, -0.1) is 0 Å². The third-order valence-electron chi connectivity index (χ3n) is 5.22. The molecule has 0 unspecified atom stereocenters. The molecule has 1 aliphatic carbocycles. The summed E-state index contributed by atoms with van der Waals surface area (Å²) in [4.78, 5) is 0. The molecule has 126 valence electrons. The number of hydrogen-bond acceptors (Lipinski definition) is 1. The molecular weight excluding hydrogens is 254 g/mol. The smallest absolute Gasteiger partial charge is 0.00967 e. The molecule has 0 aromatic carbocycles. The van der Waals surface area contributed by atoms with Gasteiger partial charge in [-0.05, 0) is 45.4 Å². The molecule has 1 aliphatic rings. The molecule has 1 saturated carbocycles. The molecule has 0 aromatic rings. The molecule has 21 heavy (non-hydrogen) atoms. The molecule has 0 heterocycles. The number of nitrogens with one attached hydrogen (secondary N) is 1. The summed E-state index contributed by atoms with van der Waals surface area (Å²) >= 11 is 0. The van der Waals surface area contributed by atoms with Gasteiger partial charge in [0.25, 0.3) is 0 Å².